The van der Waals surface area contributed by atoms with Gasteiger partial charge in [-0.3, -0.25) is 24.2 Å². The number of carbonyl (C=O) groups excluding carboxylic acids is 3. The molecule has 0 bridgehead atoms. The zero-order valence-electron chi connectivity index (χ0n) is 20.6. The van der Waals surface area contributed by atoms with Crippen LogP contribution in [0.1, 0.15) is 40.0 Å². The molecule has 0 spiro atoms. The first kappa shape index (κ1) is 25.9. The van der Waals surface area contributed by atoms with Crippen LogP contribution >= 0.6 is 11.6 Å². The van der Waals surface area contributed by atoms with Crippen molar-refractivity contribution < 1.29 is 18.8 Å². The molecule has 10 nitrogen and oxygen atoms in total. The highest BCUT2D eigenvalue weighted by atomic mass is 35.5. The second kappa shape index (κ2) is 11.0. The molecule has 4 aromatic rings. The Kier molecular flexibility index (Phi) is 7.29. The molecule has 0 radical (unpaired) electrons. The number of halogens is 2. The Morgan fingerprint density at radius 3 is 2.79 bits per heavy atom. The number of amides is 3. The number of nitrogens with two attached hydrogens (primary N) is 1. The first-order chi connectivity index (χ1) is 18.8. The topological polar surface area (TPSA) is 139 Å². The summed E-state index contributed by atoms with van der Waals surface area (Å²) in [5, 5.41) is 14.0. The van der Waals surface area contributed by atoms with Crippen LogP contribution < -0.4 is 11.1 Å². The van der Waals surface area contributed by atoms with E-state index in [-0.39, 0.29) is 41.2 Å². The Bertz CT molecular complexity index is 1640. The van der Waals surface area contributed by atoms with E-state index in [1.165, 1.54) is 21.7 Å². The zero-order valence-corrected chi connectivity index (χ0v) is 21.3. The van der Waals surface area contributed by atoms with E-state index in [1.54, 1.807) is 36.7 Å². The monoisotopic (exact) mass is 547 g/mol. The summed E-state index contributed by atoms with van der Waals surface area (Å²) in [7, 11) is 0. The van der Waals surface area contributed by atoms with Crippen LogP contribution in [0.4, 0.5) is 4.39 Å². The molecule has 0 saturated carbocycles. The van der Waals surface area contributed by atoms with Crippen LogP contribution in [0, 0.1) is 17.7 Å². The highest BCUT2D eigenvalue weighted by Crippen LogP contribution is 2.23. The van der Waals surface area contributed by atoms with Crippen molar-refractivity contribution in [1.82, 2.24) is 30.2 Å². The third-order valence-electron chi connectivity index (χ3n) is 6.48. The fourth-order valence-electron chi connectivity index (χ4n) is 4.56. The highest BCUT2D eigenvalue weighted by molar-refractivity contribution is 6.30. The predicted molar refractivity (Wildman–Crippen MR) is 141 cm³/mol. The lowest BCUT2D eigenvalue weighted by Gasteiger charge is -2.24. The SMILES string of the molecule is NC(=O)c1nn(CC(=O)N2CCC[C@H]2C(=O)NCc2cccc(Cl)c2F)c2ccc(C#Cc3cn[nH]c3)cc12. The van der Waals surface area contributed by atoms with E-state index >= 15 is 0 Å². The van der Waals surface area contributed by atoms with Gasteiger partial charge in [0.2, 0.25) is 11.8 Å². The van der Waals surface area contributed by atoms with Gasteiger partial charge in [-0.1, -0.05) is 35.6 Å². The summed E-state index contributed by atoms with van der Waals surface area (Å²) in [4.78, 5) is 39.8. The summed E-state index contributed by atoms with van der Waals surface area (Å²) in [6.07, 6.45) is 4.36. The summed E-state index contributed by atoms with van der Waals surface area (Å²) >= 11 is 5.82. The summed E-state index contributed by atoms with van der Waals surface area (Å²) in [5.74, 6) is 3.90. The fourth-order valence-corrected chi connectivity index (χ4v) is 4.76. The molecule has 12 heteroatoms. The van der Waals surface area contributed by atoms with Crippen molar-refractivity contribution >= 4 is 40.2 Å². The Hall–Kier alpha value is -4.69. The number of likely N-dealkylation sites (tertiary alicyclic amines) is 1. The van der Waals surface area contributed by atoms with Crippen LogP contribution in [0.25, 0.3) is 10.9 Å². The number of aromatic nitrogens is 4. The maximum atomic E-state index is 14.2. The average molecular weight is 548 g/mol. The van der Waals surface area contributed by atoms with Gasteiger partial charge < -0.3 is 16.0 Å². The normalized spacial score (nSPS) is 14.7. The number of carbonyl (C=O) groups is 3. The highest BCUT2D eigenvalue weighted by Gasteiger charge is 2.34. The fraction of sp³-hybridized carbons (Fsp3) is 0.222. The van der Waals surface area contributed by atoms with Crippen LogP contribution in [-0.4, -0.2) is 55.2 Å². The van der Waals surface area contributed by atoms with E-state index in [1.807, 2.05) is 0 Å². The lowest BCUT2D eigenvalue weighted by atomic mass is 10.1. The molecular weight excluding hydrogens is 525 g/mol. The molecule has 39 heavy (non-hydrogen) atoms. The number of benzene rings is 2. The van der Waals surface area contributed by atoms with Crippen molar-refractivity contribution in [1.29, 1.82) is 0 Å². The molecule has 5 rings (SSSR count). The quantitative estimate of drug-likeness (QED) is 0.318. The third kappa shape index (κ3) is 5.46. The van der Waals surface area contributed by atoms with Crippen LogP contribution in [-0.2, 0) is 22.7 Å². The molecule has 4 N–H and O–H groups in total. The number of hydrogen-bond donors (Lipinski definition) is 3. The lowest BCUT2D eigenvalue weighted by Crippen LogP contribution is -2.46. The van der Waals surface area contributed by atoms with Crippen molar-refractivity contribution in [3.63, 3.8) is 0 Å². The van der Waals surface area contributed by atoms with Crippen molar-refractivity contribution in [3.8, 4) is 11.8 Å². The number of hydrogen-bond acceptors (Lipinski definition) is 5. The number of rotatable bonds is 6. The number of nitrogens with one attached hydrogen (secondary N) is 2. The van der Waals surface area contributed by atoms with E-state index in [4.69, 9.17) is 17.3 Å². The zero-order chi connectivity index (χ0) is 27.5. The van der Waals surface area contributed by atoms with Crippen molar-refractivity contribution in [2.45, 2.75) is 32.0 Å². The molecule has 1 atom stereocenters. The average Bonchev–Trinajstić information content (AvgIpc) is 3.68. The molecule has 1 aliphatic rings. The molecular formula is C27H23ClFN7O3. The van der Waals surface area contributed by atoms with Gasteiger partial charge in [0, 0.05) is 35.8 Å². The minimum Gasteiger partial charge on any atom is -0.364 e. The third-order valence-corrected chi connectivity index (χ3v) is 6.77. The molecule has 3 heterocycles. The van der Waals surface area contributed by atoms with E-state index in [0.29, 0.717) is 41.4 Å². The van der Waals surface area contributed by atoms with Gasteiger partial charge in [-0.15, -0.1) is 0 Å². The number of nitrogens with zero attached hydrogens (tertiary/aromatic N) is 4. The van der Waals surface area contributed by atoms with Gasteiger partial charge in [-0.2, -0.15) is 10.2 Å². The second-order valence-electron chi connectivity index (χ2n) is 9.02. The Morgan fingerprint density at radius 1 is 1.21 bits per heavy atom. The molecule has 1 aliphatic heterocycles. The van der Waals surface area contributed by atoms with E-state index in [9.17, 15) is 18.8 Å². The summed E-state index contributed by atoms with van der Waals surface area (Å²) in [6, 6.07) is 9.02. The van der Waals surface area contributed by atoms with Gasteiger partial charge in [0.1, 0.15) is 18.4 Å². The molecule has 0 unspecified atom stereocenters. The maximum absolute atomic E-state index is 14.2. The smallest absolute Gasteiger partial charge is 0.269 e. The number of aromatic amines is 1. The van der Waals surface area contributed by atoms with E-state index in [0.717, 1.165) is 0 Å². The van der Waals surface area contributed by atoms with Crippen molar-refractivity contribution in [2.75, 3.05) is 6.54 Å². The second-order valence-corrected chi connectivity index (χ2v) is 9.42. The molecule has 2 aromatic carbocycles. The number of H-pyrrole nitrogens is 1. The van der Waals surface area contributed by atoms with E-state index < -0.39 is 17.8 Å². The van der Waals surface area contributed by atoms with Crippen LogP contribution in [0.5, 0.6) is 0 Å². The molecule has 1 fully saturated rings. The summed E-state index contributed by atoms with van der Waals surface area (Å²) in [6.45, 7) is 0.135. The summed E-state index contributed by atoms with van der Waals surface area (Å²) < 4.78 is 15.6. The van der Waals surface area contributed by atoms with Gasteiger partial charge in [0.05, 0.1) is 22.3 Å². The van der Waals surface area contributed by atoms with Gasteiger partial charge in [0.15, 0.2) is 5.69 Å². The van der Waals surface area contributed by atoms with Gasteiger partial charge in [-0.05, 0) is 37.1 Å². The van der Waals surface area contributed by atoms with Gasteiger partial charge in [-0.25, -0.2) is 4.39 Å². The predicted octanol–water partition coefficient (Wildman–Crippen LogP) is 2.36. The van der Waals surface area contributed by atoms with Crippen molar-refractivity contribution in [2.24, 2.45) is 5.73 Å². The minimum absolute atomic E-state index is 0.0176. The maximum Gasteiger partial charge on any atom is 0.269 e. The van der Waals surface area contributed by atoms with Crippen LogP contribution in [0.15, 0.2) is 48.8 Å². The lowest BCUT2D eigenvalue weighted by molar-refractivity contribution is -0.139. The van der Waals surface area contributed by atoms with Crippen molar-refractivity contribution in [3.05, 3.63) is 82.0 Å². The first-order valence-electron chi connectivity index (χ1n) is 12.1. The molecule has 2 aromatic heterocycles. The minimum atomic E-state index is -0.738. The first-order valence-corrected chi connectivity index (χ1v) is 12.5. The van der Waals surface area contributed by atoms with Gasteiger partial charge in [0.25, 0.3) is 5.91 Å². The number of primary amides is 1. The number of fused-ring (bicyclic) bond motifs is 1. The largest absolute Gasteiger partial charge is 0.364 e. The van der Waals surface area contributed by atoms with Gasteiger partial charge >= 0.3 is 0 Å². The molecule has 198 valence electrons. The van der Waals surface area contributed by atoms with E-state index in [2.05, 4.69) is 32.5 Å². The Morgan fingerprint density at radius 2 is 2.03 bits per heavy atom. The summed E-state index contributed by atoms with van der Waals surface area (Å²) in [5.41, 5.74) is 7.70. The molecule has 0 aliphatic carbocycles. The Balaban J connectivity index is 1.32. The molecule has 3 amide bonds. The van der Waals surface area contributed by atoms with Crippen LogP contribution in [0.3, 0.4) is 0 Å². The standard InChI is InChI=1S/C27H23ClFN7O3/c28-20-4-1-3-18(24(20)29)14-31-27(39)22-5-2-10-35(22)23(37)15-36-21-9-8-16(6-7-17-12-32-33-13-17)11-19(21)25(34-36)26(30)38/h1,3-4,8-9,11-13,22H,2,5,10,14-15H2,(H2,30,38)(H,31,39)(H,32,33)/t22-/m0/s1. The Labute approximate surface area is 227 Å². The molecule has 1 saturated heterocycles. The van der Waals surface area contributed by atoms with Crippen LogP contribution in [0.2, 0.25) is 5.02 Å².